The van der Waals surface area contributed by atoms with Crippen LogP contribution in [0.2, 0.25) is 5.02 Å². The van der Waals surface area contributed by atoms with Crippen LogP contribution in [0.1, 0.15) is 28.4 Å². The minimum absolute atomic E-state index is 0.149. The van der Waals surface area contributed by atoms with Crippen LogP contribution in [0.3, 0.4) is 0 Å². The van der Waals surface area contributed by atoms with Gasteiger partial charge in [-0.3, -0.25) is 0 Å². The summed E-state index contributed by atoms with van der Waals surface area (Å²) in [4.78, 5) is 0. The molecule has 0 spiro atoms. The van der Waals surface area contributed by atoms with E-state index in [1.807, 2.05) is 20.8 Å². The van der Waals surface area contributed by atoms with Gasteiger partial charge in [0.15, 0.2) is 0 Å². The van der Waals surface area contributed by atoms with Gasteiger partial charge in [-0.15, -0.1) is 0 Å². The Hall–Kier alpha value is -0.770. The fraction of sp³-hybridized carbons (Fsp3) is 0.500. The molecule has 0 fully saturated rings. The minimum atomic E-state index is -0.744. The van der Waals surface area contributed by atoms with Gasteiger partial charge >= 0.3 is 0 Å². The van der Waals surface area contributed by atoms with Gasteiger partial charge in [-0.05, 0) is 37.5 Å². The van der Waals surface area contributed by atoms with E-state index in [0.717, 1.165) is 16.7 Å². The predicted molar refractivity (Wildman–Crippen MR) is 66.2 cm³/mol. The maximum absolute atomic E-state index is 9.90. The molecule has 3 N–H and O–H groups in total. The number of hydrogen-bond donors (Lipinski definition) is 2. The predicted octanol–water partition coefficient (Wildman–Crippen LogP) is 2.27. The van der Waals surface area contributed by atoms with Crippen LogP contribution in [0.4, 0.5) is 0 Å². The number of ether oxygens (including phenoxy) is 1. The topological polar surface area (TPSA) is 55.5 Å². The first kappa shape index (κ1) is 13.3. The first-order chi connectivity index (χ1) is 7.45. The quantitative estimate of drug-likeness (QED) is 0.856. The molecule has 0 bridgehead atoms. The molecule has 0 aromatic heterocycles. The maximum atomic E-state index is 9.90. The molecule has 1 unspecified atom stereocenters. The Balaban J connectivity index is 3.57. The summed E-state index contributed by atoms with van der Waals surface area (Å²) in [6.45, 7) is 5.87. The zero-order valence-electron chi connectivity index (χ0n) is 10.1. The van der Waals surface area contributed by atoms with Crippen molar-refractivity contribution in [1.29, 1.82) is 0 Å². The molecule has 0 heterocycles. The van der Waals surface area contributed by atoms with Crippen LogP contribution in [-0.2, 0) is 0 Å². The average molecular weight is 244 g/mol. The van der Waals surface area contributed by atoms with Crippen molar-refractivity contribution in [2.24, 2.45) is 5.73 Å². The first-order valence-corrected chi connectivity index (χ1v) is 5.54. The second-order valence-corrected chi connectivity index (χ2v) is 4.27. The molecule has 1 aromatic carbocycles. The Labute approximate surface area is 101 Å². The second-order valence-electron chi connectivity index (χ2n) is 3.89. The fourth-order valence-electron chi connectivity index (χ4n) is 1.89. The van der Waals surface area contributed by atoms with Gasteiger partial charge in [-0.25, -0.2) is 0 Å². The van der Waals surface area contributed by atoms with Crippen molar-refractivity contribution in [2.45, 2.75) is 26.9 Å². The third-order valence-electron chi connectivity index (χ3n) is 2.97. The lowest BCUT2D eigenvalue weighted by Crippen LogP contribution is -2.15. The van der Waals surface area contributed by atoms with Gasteiger partial charge < -0.3 is 15.6 Å². The zero-order valence-corrected chi connectivity index (χ0v) is 10.9. The van der Waals surface area contributed by atoms with Crippen LogP contribution < -0.4 is 10.5 Å². The smallest absolute Gasteiger partial charge is 0.128 e. The van der Waals surface area contributed by atoms with E-state index in [1.165, 1.54) is 0 Å². The van der Waals surface area contributed by atoms with E-state index >= 15 is 0 Å². The van der Waals surface area contributed by atoms with Crippen molar-refractivity contribution in [3.63, 3.8) is 0 Å². The minimum Gasteiger partial charge on any atom is -0.496 e. The molecular formula is C12H18ClNO2. The van der Waals surface area contributed by atoms with Crippen molar-refractivity contribution in [3.8, 4) is 5.75 Å². The summed E-state index contributed by atoms with van der Waals surface area (Å²) in [6, 6.07) is 0. The molecular weight excluding hydrogens is 226 g/mol. The highest BCUT2D eigenvalue weighted by Crippen LogP contribution is 2.38. The monoisotopic (exact) mass is 243 g/mol. The molecule has 1 atom stereocenters. The SMILES string of the molecule is COc1c(C)c(C)c(Cl)c(C)c1C(O)CN. The summed E-state index contributed by atoms with van der Waals surface area (Å²) >= 11 is 6.21. The molecule has 16 heavy (non-hydrogen) atoms. The number of rotatable bonds is 3. The standard InChI is InChI=1S/C12H18ClNO2/c1-6-7(2)12(16-4)10(9(15)5-14)8(3)11(6)13/h9,15H,5,14H2,1-4H3. The van der Waals surface area contributed by atoms with E-state index in [2.05, 4.69) is 0 Å². The molecule has 0 radical (unpaired) electrons. The lowest BCUT2D eigenvalue weighted by Gasteiger charge is -2.21. The number of benzene rings is 1. The van der Waals surface area contributed by atoms with Gasteiger partial charge in [0.25, 0.3) is 0 Å². The molecule has 1 aromatic rings. The molecule has 0 saturated carbocycles. The van der Waals surface area contributed by atoms with Crippen LogP contribution in [0.5, 0.6) is 5.75 Å². The Bertz CT molecular complexity index is 405. The second kappa shape index (κ2) is 5.04. The number of nitrogens with two attached hydrogens (primary N) is 1. The van der Waals surface area contributed by atoms with Crippen LogP contribution in [0.25, 0.3) is 0 Å². The van der Waals surface area contributed by atoms with Crippen LogP contribution in [0, 0.1) is 20.8 Å². The van der Waals surface area contributed by atoms with Gasteiger partial charge in [-0.1, -0.05) is 11.6 Å². The number of aliphatic hydroxyl groups excluding tert-OH is 1. The van der Waals surface area contributed by atoms with Crippen molar-refractivity contribution in [1.82, 2.24) is 0 Å². The number of methoxy groups -OCH3 is 1. The van der Waals surface area contributed by atoms with Gasteiger partial charge in [0.1, 0.15) is 5.75 Å². The Morgan fingerprint density at radius 2 is 1.81 bits per heavy atom. The summed E-state index contributed by atoms with van der Waals surface area (Å²) in [5.74, 6) is 0.678. The molecule has 0 aliphatic heterocycles. The average Bonchev–Trinajstić information content (AvgIpc) is 2.29. The Morgan fingerprint density at radius 3 is 2.25 bits per heavy atom. The molecule has 1 rings (SSSR count). The normalized spacial score (nSPS) is 12.7. The summed E-state index contributed by atoms with van der Waals surface area (Å²) in [7, 11) is 1.59. The lowest BCUT2D eigenvalue weighted by molar-refractivity contribution is 0.181. The van der Waals surface area contributed by atoms with E-state index in [-0.39, 0.29) is 6.54 Å². The highest BCUT2D eigenvalue weighted by atomic mass is 35.5. The van der Waals surface area contributed by atoms with Gasteiger partial charge in [-0.2, -0.15) is 0 Å². The third-order valence-corrected chi connectivity index (χ3v) is 3.54. The van der Waals surface area contributed by atoms with Crippen LogP contribution >= 0.6 is 11.6 Å². The Morgan fingerprint density at radius 1 is 1.25 bits per heavy atom. The van der Waals surface area contributed by atoms with E-state index in [1.54, 1.807) is 7.11 Å². The van der Waals surface area contributed by atoms with E-state index in [4.69, 9.17) is 22.1 Å². The summed E-state index contributed by atoms with van der Waals surface area (Å²) in [5.41, 5.74) is 8.93. The van der Waals surface area contributed by atoms with E-state index in [9.17, 15) is 5.11 Å². The fourth-order valence-corrected chi connectivity index (χ4v) is 2.13. The van der Waals surface area contributed by atoms with E-state index < -0.39 is 6.10 Å². The largest absolute Gasteiger partial charge is 0.496 e. The lowest BCUT2D eigenvalue weighted by atomic mass is 9.95. The van der Waals surface area contributed by atoms with Crippen LogP contribution in [0.15, 0.2) is 0 Å². The van der Waals surface area contributed by atoms with Crippen molar-refractivity contribution in [3.05, 3.63) is 27.3 Å². The molecule has 0 amide bonds. The molecule has 4 heteroatoms. The van der Waals surface area contributed by atoms with Crippen LogP contribution in [-0.4, -0.2) is 18.8 Å². The van der Waals surface area contributed by atoms with Crippen molar-refractivity contribution >= 4 is 11.6 Å². The summed E-state index contributed by atoms with van der Waals surface area (Å²) in [5, 5.41) is 10.6. The highest BCUT2D eigenvalue weighted by Gasteiger charge is 2.21. The molecule has 0 saturated heterocycles. The van der Waals surface area contributed by atoms with Gasteiger partial charge in [0.2, 0.25) is 0 Å². The highest BCUT2D eigenvalue weighted by molar-refractivity contribution is 6.32. The first-order valence-electron chi connectivity index (χ1n) is 5.16. The number of halogens is 1. The van der Waals surface area contributed by atoms with E-state index in [0.29, 0.717) is 16.3 Å². The van der Waals surface area contributed by atoms with Crippen molar-refractivity contribution in [2.75, 3.05) is 13.7 Å². The van der Waals surface area contributed by atoms with Gasteiger partial charge in [0, 0.05) is 17.1 Å². The summed E-state index contributed by atoms with van der Waals surface area (Å²) in [6.07, 6.45) is -0.744. The Kier molecular flexibility index (Phi) is 4.19. The zero-order chi connectivity index (χ0) is 12.5. The number of hydrogen-bond acceptors (Lipinski definition) is 3. The molecule has 0 aliphatic rings. The third kappa shape index (κ3) is 2.03. The molecule has 0 aliphatic carbocycles. The maximum Gasteiger partial charge on any atom is 0.128 e. The molecule has 90 valence electrons. The molecule has 3 nitrogen and oxygen atoms in total. The summed E-state index contributed by atoms with van der Waals surface area (Å²) < 4.78 is 5.34. The van der Waals surface area contributed by atoms with Gasteiger partial charge in [0.05, 0.1) is 13.2 Å². The van der Waals surface area contributed by atoms with Crippen molar-refractivity contribution < 1.29 is 9.84 Å². The number of aliphatic hydroxyl groups is 1.